The fourth-order valence-corrected chi connectivity index (χ4v) is 3.57. The fraction of sp³-hybridized carbons (Fsp3) is 0.500. The lowest BCUT2D eigenvalue weighted by Gasteiger charge is -2.22. The van der Waals surface area contributed by atoms with Crippen LogP contribution in [0.15, 0.2) is 24.3 Å². The van der Waals surface area contributed by atoms with Gasteiger partial charge in [-0.05, 0) is 29.9 Å². The molecular weight excluding hydrogens is 292 g/mol. The zero-order chi connectivity index (χ0) is 16.6. The number of aryl methyl sites for hydroxylation is 1. The molecule has 5 heteroatoms. The van der Waals surface area contributed by atoms with Crippen LogP contribution in [0.3, 0.4) is 0 Å². The molecule has 0 bridgehead atoms. The molecule has 23 heavy (non-hydrogen) atoms. The van der Waals surface area contributed by atoms with E-state index >= 15 is 0 Å². The smallest absolute Gasteiger partial charge is 0.240 e. The Bertz CT molecular complexity index is 668. The van der Waals surface area contributed by atoms with Crippen LogP contribution in [0, 0.1) is 5.92 Å². The Labute approximate surface area is 136 Å². The first-order chi connectivity index (χ1) is 10.9. The fourth-order valence-electron chi connectivity index (χ4n) is 3.57. The molecule has 1 fully saturated rings. The summed E-state index contributed by atoms with van der Waals surface area (Å²) in [7, 11) is 0. The summed E-state index contributed by atoms with van der Waals surface area (Å²) in [6.45, 7) is 4.37. The van der Waals surface area contributed by atoms with E-state index in [4.69, 9.17) is 0 Å². The molecule has 1 heterocycles. The van der Waals surface area contributed by atoms with Gasteiger partial charge < -0.3 is 5.32 Å². The third-order valence-corrected chi connectivity index (χ3v) is 4.77. The molecule has 122 valence electrons. The van der Waals surface area contributed by atoms with E-state index in [9.17, 15) is 14.4 Å². The Morgan fingerprint density at radius 2 is 2.04 bits per heavy atom. The number of hydrogen-bond donors (Lipinski definition) is 1. The zero-order valence-electron chi connectivity index (χ0n) is 13.6. The Balaban J connectivity index is 1.78. The molecule has 5 nitrogen and oxygen atoms in total. The number of imide groups is 1. The van der Waals surface area contributed by atoms with Crippen LogP contribution in [0.4, 0.5) is 0 Å². The summed E-state index contributed by atoms with van der Waals surface area (Å²) in [4.78, 5) is 38.4. The molecule has 1 saturated heterocycles. The quantitative estimate of drug-likeness (QED) is 0.854. The first-order valence-electron chi connectivity index (χ1n) is 8.14. The average molecular weight is 314 g/mol. The van der Waals surface area contributed by atoms with Crippen molar-refractivity contribution in [2.24, 2.45) is 5.92 Å². The molecule has 1 spiro atoms. The van der Waals surface area contributed by atoms with Crippen LogP contribution in [0.1, 0.15) is 37.8 Å². The number of hydrogen-bond acceptors (Lipinski definition) is 3. The third kappa shape index (κ3) is 2.64. The Hall–Kier alpha value is -2.17. The van der Waals surface area contributed by atoms with Gasteiger partial charge in [-0.15, -0.1) is 0 Å². The van der Waals surface area contributed by atoms with E-state index in [2.05, 4.69) is 5.32 Å². The number of carbonyl (C=O) groups is 3. The van der Waals surface area contributed by atoms with Gasteiger partial charge in [-0.2, -0.15) is 0 Å². The van der Waals surface area contributed by atoms with Gasteiger partial charge >= 0.3 is 0 Å². The van der Waals surface area contributed by atoms with Gasteiger partial charge in [-0.3, -0.25) is 19.3 Å². The van der Waals surface area contributed by atoms with Gasteiger partial charge in [0.05, 0.1) is 5.41 Å². The Kier molecular flexibility index (Phi) is 3.96. The molecule has 1 N–H and O–H groups in total. The van der Waals surface area contributed by atoms with Crippen LogP contribution < -0.4 is 5.32 Å². The van der Waals surface area contributed by atoms with E-state index in [1.54, 1.807) is 0 Å². The normalized spacial score (nSPS) is 23.0. The number of benzene rings is 1. The molecule has 3 amide bonds. The van der Waals surface area contributed by atoms with Gasteiger partial charge in [0.2, 0.25) is 17.7 Å². The number of likely N-dealkylation sites (tertiary alicyclic amines) is 1. The summed E-state index contributed by atoms with van der Waals surface area (Å²) in [5, 5.41) is 2.76. The molecule has 1 aliphatic heterocycles. The summed E-state index contributed by atoms with van der Waals surface area (Å²) >= 11 is 0. The highest BCUT2D eigenvalue weighted by Crippen LogP contribution is 2.46. The van der Waals surface area contributed by atoms with Crippen molar-refractivity contribution in [1.29, 1.82) is 0 Å². The summed E-state index contributed by atoms with van der Waals surface area (Å²) < 4.78 is 0. The second-order valence-corrected chi connectivity index (χ2v) is 6.90. The van der Waals surface area contributed by atoms with Gasteiger partial charge in [0.1, 0.15) is 6.54 Å². The van der Waals surface area contributed by atoms with Crippen LogP contribution in [0.25, 0.3) is 0 Å². The van der Waals surface area contributed by atoms with Crippen molar-refractivity contribution in [3.8, 4) is 0 Å². The monoisotopic (exact) mass is 314 g/mol. The van der Waals surface area contributed by atoms with E-state index in [1.165, 1.54) is 0 Å². The summed E-state index contributed by atoms with van der Waals surface area (Å²) in [5.41, 5.74) is 1.36. The largest absolute Gasteiger partial charge is 0.354 e. The lowest BCUT2D eigenvalue weighted by atomic mass is 9.80. The molecule has 1 aromatic carbocycles. The minimum atomic E-state index is -0.744. The minimum absolute atomic E-state index is 0.172. The van der Waals surface area contributed by atoms with Crippen molar-refractivity contribution in [2.75, 3.05) is 13.1 Å². The standard InChI is InChI=1S/C18H22N2O3/c1-12(2)10-19-15(21)11-20-16(22)9-18(17(20)23)8-7-13-5-3-4-6-14(13)18/h3-6,12H,7-11H2,1-2H3,(H,19,21)/t18-/m1/s1. The van der Waals surface area contributed by atoms with Gasteiger partial charge in [-0.25, -0.2) is 0 Å². The third-order valence-electron chi connectivity index (χ3n) is 4.77. The maximum absolute atomic E-state index is 12.9. The predicted molar refractivity (Wildman–Crippen MR) is 85.6 cm³/mol. The Morgan fingerprint density at radius 1 is 1.30 bits per heavy atom. The maximum Gasteiger partial charge on any atom is 0.240 e. The van der Waals surface area contributed by atoms with Crippen molar-refractivity contribution < 1.29 is 14.4 Å². The van der Waals surface area contributed by atoms with E-state index in [0.717, 1.165) is 22.4 Å². The van der Waals surface area contributed by atoms with E-state index < -0.39 is 5.41 Å². The van der Waals surface area contributed by atoms with Crippen molar-refractivity contribution in [3.05, 3.63) is 35.4 Å². The molecule has 1 aliphatic carbocycles. The van der Waals surface area contributed by atoms with Crippen LogP contribution in [-0.4, -0.2) is 35.7 Å². The summed E-state index contributed by atoms with van der Waals surface area (Å²) in [6.07, 6.45) is 1.64. The highest BCUT2D eigenvalue weighted by atomic mass is 16.2. The average Bonchev–Trinajstić information content (AvgIpc) is 3.00. The maximum atomic E-state index is 12.9. The number of carbonyl (C=O) groups excluding carboxylic acids is 3. The molecule has 1 atom stereocenters. The van der Waals surface area contributed by atoms with Crippen molar-refractivity contribution in [2.45, 2.75) is 38.5 Å². The number of fused-ring (bicyclic) bond motifs is 2. The second-order valence-electron chi connectivity index (χ2n) is 6.90. The van der Waals surface area contributed by atoms with Gasteiger partial charge in [0.25, 0.3) is 0 Å². The number of nitrogens with zero attached hydrogens (tertiary/aromatic N) is 1. The van der Waals surface area contributed by atoms with Gasteiger partial charge in [-0.1, -0.05) is 38.1 Å². The molecule has 2 aliphatic rings. The SMILES string of the molecule is CC(C)CNC(=O)CN1C(=O)C[C@@]2(CCc3ccccc32)C1=O. The molecule has 3 rings (SSSR count). The van der Waals surface area contributed by atoms with Crippen LogP contribution in [0.5, 0.6) is 0 Å². The summed E-state index contributed by atoms with van der Waals surface area (Å²) in [5.74, 6) is -0.403. The van der Waals surface area contributed by atoms with Crippen molar-refractivity contribution >= 4 is 17.7 Å². The molecule has 0 unspecified atom stereocenters. The molecule has 0 saturated carbocycles. The molecule has 0 aromatic heterocycles. The predicted octanol–water partition coefficient (Wildman–Crippen LogP) is 1.40. The minimum Gasteiger partial charge on any atom is -0.354 e. The molecule has 0 radical (unpaired) electrons. The molecule has 1 aromatic rings. The van der Waals surface area contributed by atoms with E-state index in [0.29, 0.717) is 18.9 Å². The van der Waals surface area contributed by atoms with Gasteiger partial charge in [0.15, 0.2) is 0 Å². The highest BCUT2D eigenvalue weighted by molar-refractivity contribution is 6.11. The number of nitrogens with one attached hydrogen (secondary N) is 1. The van der Waals surface area contributed by atoms with Gasteiger partial charge in [0, 0.05) is 13.0 Å². The lowest BCUT2D eigenvalue weighted by molar-refractivity contribution is -0.143. The van der Waals surface area contributed by atoms with E-state index in [1.807, 2.05) is 38.1 Å². The Morgan fingerprint density at radius 3 is 2.78 bits per heavy atom. The van der Waals surface area contributed by atoms with Crippen LogP contribution in [-0.2, 0) is 26.2 Å². The molecular formula is C18H22N2O3. The van der Waals surface area contributed by atoms with E-state index in [-0.39, 0.29) is 30.7 Å². The number of amides is 3. The lowest BCUT2D eigenvalue weighted by Crippen LogP contribution is -2.43. The first kappa shape index (κ1) is 15.7. The van der Waals surface area contributed by atoms with Crippen LogP contribution >= 0.6 is 0 Å². The highest BCUT2D eigenvalue weighted by Gasteiger charge is 2.55. The second kappa shape index (κ2) is 5.80. The van der Waals surface area contributed by atoms with Crippen molar-refractivity contribution in [1.82, 2.24) is 10.2 Å². The van der Waals surface area contributed by atoms with Crippen molar-refractivity contribution in [3.63, 3.8) is 0 Å². The number of rotatable bonds is 4. The first-order valence-corrected chi connectivity index (χ1v) is 8.14. The summed E-state index contributed by atoms with van der Waals surface area (Å²) in [6, 6.07) is 7.81. The topological polar surface area (TPSA) is 66.5 Å². The van der Waals surface area contributed by atoms with Crippen LogP contribution in [0.2, 0.25) is 0 Å². The zero-order valence-corrected chi connectivity index (χ0v) is 13.6.